The van der Waals surface area contributed by atoms with Gasteiger partial charge >= 0.3 is 0 Å². The predicted molar refractivity (Wildman–Crippen MR) is 67.1 cm³/mol. The zero-order valence-electron chi connectivity index (χ0n) is 10.3. The van der Waals surface area contributed by atoms with Crippen molar-refractivity contribution in [2.45, 2.75) is 58.8 Å². The maximum atomic E-state index is 5.81. The molecule has 1 aliphatic carbocycles. The van der Waals surface area contributed by atoms with Gasteiger partial charge in [0.15, 0.2) is 0 Å². The molecule has 0 saturated heterocycles. The molecule has 2 nitrogen and oxygen atoms in total. The second-order valence-corrected chi connectivity index (χ2v) is 5.18. The molecule has 88 valence electrons. The molecule has 0 heterocycles. The monoisotopic (exact) mass is 210 g/mol. The highest BCUT2D eigenvalue weighted by Crippen LogP contribution is 2.28. The van der Waals surface area contributed by atoms with Crippen molar-refractivity contribution >= 4 is 5.84 Å². The molecule has 1 rings (SSSR count). The van der Waals surface area contributed by atoms with Crippen LogP contribution in [0.4, 0.5) is 0 Å². The average molecular weight is 210 g/mol. The van der Waals surface area contributed by atoms with Crippen molar-refractivity contribution in [1.82, 2.24) is 0 Å². The topological polar surface area (TPSA) is 38.4 Å². The zero-order chi connectivity index (χ0) is 11.1. The van der Waals surface area contributed by atoms with Crippen LogP contribution >= 0.6 is 0 Å². The fraction of sp³-hybridized carbons (Fsp3) is 0.923. The third kappa shape index (κ3) is 6.53. The van der Waals surface area contributed by atoms with Crippen LogP contribution in [0.5, 0.6) is 0 Å². The van der Waals surface area contributed by atoms with E-state index in [9.17, 15) is 0 Å². The van der Waals surface area contributed by atoms with Gasteiger partial charge in [-0.05, 0) is 25.2 Å². The zero-order valence-corrected chi connectivity index (χ0v) is 10.3. The van der Waals surface area contributed by atoms with Gasteiger partial charge in [0, 0.05) is 12.5 Å². The van der Waals surface area contributed by atoms with Crippen molar-refractivity contribution in [3.05, 3.63) is 0 Å². The lowest BCUT2D eigenvalue weighted by molar-refractivity contribution is 0.521. The number of aliphatic imine (C=N–C) groups is 1. The van der Waals surface area contributed by atoms with Crippen molar-refractivity contribution in [1.29, 1.82) is 0 Å². The molecule has 0 bridgehead atoms. The van der Waals surface area contributed by atoms with E-state index in [-0.39, 0.29) is 0 Å². The van der Waals surface area contributed by atoms with E-state index in [1.807, 2.05) is 0 Å². The summed E-state index contributed by atoms with van der Waals surface area (Å²) in [7, 11) is 0. The predicted octanol–water partition coefficient (Wildman–Crippen LogP) is 3.36. The molecule has 0 spiro atoms. The van der Waals surface area contributed by atoms with E-state index < -0.39 is 0 Å². The van der Waals surface area contributed by atoms with E-state index in [4.69, 9.17) is 5.73 Å². The molecule has 0 aromatic rings. The fourth-order valence-electron chi connectivity index (χ4n) is 1.73. The Bertz CT molecular complexity index is 193. The second kappa shape index (κ2) is 6.86. The van der Waals surface area contributed by atoms with Crippen molar-refractivity contribution in [3.8, 4) is 0 Å². The van der Waals surface area contributed by atoms with E-state index in [1.165, 1.54) is 44.9 Å². The lowest BCUT2D eigenvalue weighted by Crippen LogP contribution is -2.14. The van der Waals surface area contributed by atoms with Crippen LogP contribution in [0.3, 0.4) is 0 Å². The molecule has 1 fully saturated rings. The van der Waals surface area contributed by atoms with Gasteiger partial charge in [-0.25, -0.2) is 0 Å². The SMILES string of the molecule is CC(C)CCCCCCN=C(N)C1CC1. The number of hydrogen-bond acceptors (Lipinski definition) is 1. The Hall–Kier alpha value is -0.530. The number of hydrogen-bond donors (Lipinski definition) is 1. The van der Waals surface area contributed by atoms with Crippen LogP contribution in [0.2, 0.25) is 0 Å². The summed E-state index contributed by atoms with van der Waals surface area (Å²) in [6, 6.07) is 0. The van der Waals surface area contributed by atoms with Gasteiger partial charge in [-0.15, -0.1) is 0 Å². The number of unbranched alkanes of at least 4 members (excludes halogenated alkanes) is 3. The summed E-state index contributed by atoms with van der Waals surface area (Å²) in [5, 5.41) is 0. The van der Waals surface area contributed by atoms with Crippen LogP contribution in [-0.4, -0.2) is 12.4 Å². The Kier molecular flexibility index (Phi) is 5.74. The third-order valence-electron chi connectivity index (χ3n) is 2.98. The molecule has 0 amide bonds. The normalized spacial score (nSPS) is 17.4. The number of rotatable bonds is 8. The fourth-order valence-corrected chi connectivity index (χ4v) is 1.73. The lowest BCUT2D eigenvalue weighted by atomic mass is 10.0. The number of nitrogens with two attached hydrogens (primary N) is 1. The Balaban J connectivity index is 1.86. The van der Waals surface area contributed by atoms with Crippen LogP contribution in [0.25, 0.3) is 0 Å². The summed E-state index contributed by atoms with van der Waals surface area (Å²) in [6.45, 7) is 5.53. The number of nitrogens with zero attached hydrogens (tertiary/aromatic N) is 1. The summed E-state index contributed by atoms with van der Waals surface area (Å²) in [6.07, 6.45) is 9.16. The van der Waals surface area contributed by atoms with E-state index in [0.29, 0.717) is 5.92 Å². The van der Waals surface area contributed by atoms with Crippen molar-refractivity contribution in [3.63, 3.8) is 0 Å². The largest absolute Gasteiger partial charge is 0.387 e. The van der Waals surface area contributed by atoms with Gasteiger partial charge in [-0.1, -0.05) is 39.5 Å². The highest BCUT2D eigenvalue weighted by atomic mass is 14.9. The van der Waals surface area contributed by atoms with Gasteiger partial charge < -0.3 is 5.73 Å². The number of amidine groups is 1. The highest BCUT2D eigenvalue weighted by Gasteiger charge is 2.24. The van der Waals surface area contributed by atoms with Crippen LogP contribution in [-0.2, 0) is 0 Å². The third-order valence-corrected chi connectivity index (χ3v) is 2.98. The summed E-state index contributed by atoms with van der Waals surface area (Å²) in [4.78, 5) is 4.41. The van der Waals surface area contributed by atoms with Gasteiger partial charge in [0.1, 0.15) is 0 Å². The first kappa shape index (κ1) is 12.5. The summed E-state index contributed by atoms with van der Waals surface area (Å²) >= 11 is 0. The van der Waals surface area contributed by atoms with Crippen molar-refractivity contribution in [2.75, 3.05) is 6.54 Å². The second-order valence-electron chi connectivity index (χ2n) is 5.18. The Morgan fingerprint density at radius 1 is 1.20 bits per heavy atom. The van der Waals surface area contributed by atoms with Crippen LogP contribution in [0.1, 0.15) is 58.8 Å². The molecule has 0 aromatic carbocycles. The van der Waals surface area contributed by atoms with Crippen LogP contribution in [0.15, 0.2) is 4.99 Å². The van der Waals surface area contributed by atoms with Gasteiger partial charge in [0.05, 0.1) is 5.84 Å². The standard InChI is InChI=1S/C13H26N2/c1-11(2)7-5-3-4-6-10-15-13(14)12-8-9-12/h11-12H,3-10H2,1-2H3,(H2,14,15). The first-order valence-electron chi connectivity index (χ1n) is 6.50. The first-order chi connectivity index (χ1) is 7.20. The average Bonchev–Trinajstić information content (AvgIpc) is 2.98. The molecule has 0 unspecified atom stereocenters. The molecule has 15 heavy (non-hydrogen) atoms. The molecule has 0 radical (unpaired) electrons. The minimum absolute atomic E-state index is 0.644. The van der Waals surface area contributed by atoms with Gasteiger partial charge in [-0.2, -0.15) is 0 Å². The van der Waals surface area contributed by atoms with Gasteiger partial charge in [0.25, 0.3) is 0 Å². The minimum Gasteiger partial charge on any atom is -0.387 e. The molecular formula is C13H26N2. The van der Waals surface area contributed by atoms with Crippen LogP contribution in [0, 0.1) is 11.8 Å². The highest BCUT2D eigenvalue weighted by molar-refractivity contribution is 5.84. The van der Waals surface area contributed by atoms with Crippen molar-refractivity contribution in [2.24, 2.45) is 22.6 Å². The maximum Gasteiger partial charge on any atom is 0.0968 e. The maximum absolute atomic E-state index is 5.81. The molecule has 0 atom stereocenters. The van der Waals surface area contributed by atoms with E-state index in [0.717, 1.165) is 18.3 Å². The Morgan fingerprint density at radius 2 is 1.87 bits per heavy atom. The smallest absolute Gasteiger partial charge is 0.0968 e. The lowest BCUT2D eigenvalue weighted by Gasteiger charge is -2.03. The molecule has 0 aromatic heterocycles. The van der Waals surface area contributed by atoms with Gasteiger partial charge in [0.2, 0.25) is 0 Å². The summed E-state index contributed by atoms with van der Waals surface area (Å²) in [5.74, 6) is 2.41. The molecular weight excluding hydrogens is 184 g/mol. The molecule has 2 N–H and O–H groups in total. The van der Waals surface area contributed by atoms with Crippen LogP contribution < -0.4 is 5.73 Å². The molecule has 1 saturated carbocycles. The first-order valence-corrected chi connectivity index (χ1v) is 6.50. The molecule has 2 heteroatoms. The summed E-state index contributed by atoms with van der Waals surface area (Å²) in [5.41, 5.74) is 5.81. The molecule has 1 aliphatic rings. The summed E-state index contributed by atoms with van der Waals surface area (Å²) < 4.78 is 0. The van der Waals surface area contributed by atoms with E-state index >= 15 is 0 Å². The minimum atomic E-state index is 0.644. The van der Waals surface area contributed by atoms with E-state index in [1.54, 1.807) is 0 Å². The van der Waals surface area contributed by atoms with Gasteiger partial charge in [-0.3, -0.25) is 4.99 Å². The van der Waals surface area contributed by atoms with E-state index in [2.05, 4.69) is 18.8 Å². The van der Waals surface area contributed by atoms with Crippen molar-refractivity contribution < 1.29 is 0 Å². The quantitative estimate of drug-likeness (QED) is 0.372. The molecule has 0 aliphatic heterocycles. The Labute approximate surface area is 94.3 Å². The Morgan fingerprint density at radius 3 is 2.47 bits per heavy atom.